The van der Waals surface area contributed by atoms with Crippen LogP contribution in [0.1, 0.15) is 30.0 Å². The highest BCUT2D eigenvalue weighted by atomic mass is 35.5. The maximum absolute atomic E-state index is 6.09. The van der Waals surface area contributed by atoms with E-state index in [1.54, 1.807) is 6.07 Å². The SMILES string of the molecule is C[C@H](CCc1ccccc1)NCc1ccccc1OCc1ccc(Cl)c(Cl)c1. The Morgan fingerprint density at radius 1 is 0.857 bits per heavy atom. The first kappa shape index (κ1) is 20.7. The molecule has 3 rings (SSSR count). The van der Waals surface area contributed by atoms with Gasteiger partial charge in [-0.1, -0.05) is 77.8 Å². The van der Waals surface area contributed by atoms with E-state index in [9.17, 15) is 0 Å². The van der Waals surface area contributed by atoms with Gasteiger partial charge in [0.25, 0.3) is 0 Å². The minimum absolute atomic E-state index is 0.420. The molecule has 0 spiro atoms. The summed E-state index contributed by atoms with van der Waals surface area (Å²) in [6.07, 6.45) is 2.17. The predicted molar refractivity (Wildman–Crippen MR) is 118 cm³/mol. The third-order valence-electron chi connectivity index (χ3n) is 4.70. The van der Waals surface area contributed by atoms with E-state index in [0.717, 1.165) is 36.3 Å². The maximum atomic E-state index is 6.09. The summed E-state index contributed by atoms with van der Waals surface area (Å²) in [5.74, 6) is 0.885. The minimum atomic E-state index is 0.420. The van der Waals surface area contributed by atoms with Gasteiger partial charge in [-0.25, -0.2) is 0 Å². The second kappa shape index (κ2) is 10.5. The van der Waals surface area contributed by atoms with Crippen molar-refractivity contribution in [1.82, 2.24) is 5.32 Å². The van der Waals surface area contributed by atoms with E-state index in [1.165, 1.54) is 5.56 Å². The van der Waals surface area contributed by atoms with Gasteiger partial charge < -0.3 is 10.1 Å². The second-order valence-corrected chi connectivity index (χ2v) is 7.77. The van der Waals surface area contributed by atoms with Gasteiger partial charge in [0.15, 0.2) is 0 Å². The van der Waals surface area contributed by atoms with Crippen molar-refractivity contribution in [3.8, 4) is 5.75 Å². The molecule has 0 aromatic heterocycles. The molecule has 0 unspecified atom stereocenters. The smallest absolute Gasteiger partial charge is 0.124 e. The number of rotatable bonds is 9. The molecule has 4 heteroatoms. The average Bonchev–Trinajstić information content (AvgIpc) is 2.73. The number of aryl methyl sites for hydroxylation is 1. The highest BCUT2D eigenvalue weighted by Crippen LogP contribution is 2.24. The van der Waals surface area contributed by atoms with Gasteiger partial charge in [-0.2, -0.15) is 0 Å². The Morgan fingerprint density at radius 3 is 2.39 bits per heavy atom. The van der Waals surface area contributed by atoms with Crippen LogP contribution >= 0.6 is 23.2 Å². The Labute approximate surface area is 177 Å². The zero-order chi connectivity index (χ0) is 19.8. The van der Waals surface area contributed by atoms with Crippen molar-refractivity contribution in [2.24, 2.45) is 0 Å². The van der Waals surface area contributed by atoms with Crippen LogP contribution < -0.4 is 10.1 Å². The van der Waals surface area contributed by atoms with Crippen molar-refractivity contribution in [1.29, 1.82) is 0 Å². The molecule has 0 aliphatic heterocycles. The molecule has 146 valence electrons. The summed E-state index contributed by atoms with van der Waals surface area (Å²) in [4.78, 5) is 0. The topological polar surface area (TPSA) is 21.3 Å². The maximum Gasteiger partial charge on any atom is 0.124 e. The first-order valence-corrected chi connectivity index (χ1v) is 10.3. The van der Waals surface area contributed by atoms with E-state index in [-0.39, 0.29) is 0 Å². The third-order valence-corrected chi connectivity index (χ3v) is 5.44. The fourth-order valence-electron chi connectivity index (χ4n) is 3.00. The van der Waals surface area contributed by atoms with Gasteiger partial charge in [-0.3, -0.25) is 0 Å². The van der Waals surface area contributed by atoms with Crippen LogP contribution in [-0.4, -0.2) is 6.04 Å². The molecule has 3 aromatic carbocycles. The Balaban J connectivity index is 1.52. The highest BCUT2D eigenvalue weighted by Gasteiger charge is 2.07. The largest absolute Gasteiger partial charge is 0.489 e. The summed E-state index contributed by atoms with van der Waals surface area (Å²) in [6.45, 7) is 3.45. The summed E-state index contributed by atoms with van der Waals surface area (Å²) in [7, 11) is 0. The van der Waals surface area contributed by atoms with Gasteiger partial charge in [0.2, 0.25) is 0 Å². The summed E-state index contributed by atoms with van der Waals surface area (Å²) >= 11 is 12.1. The molecule has 0 saturated carbocycles. The van der Waals surface area contributed by atoms with E-state index >= 15 is 0 Å². The molecule has 0 fully saturated rings. The number of nitrogens with one attached hydrogen (secondary N) is 1. The van der Waals surface area contributed by atoms with Gasteiger partial charge in [0.05, 0.1) is 10.0 Å². The summed E-state index contributed by atoms with van der Waals surface area (Å²) in [6, 6.07) is 24.7. The van der Waals surface area contributed by atoms with Crippen LogP contribution in [0.15, 0.2) is 72.8 Å². The van der Waals surface area contributed by atoms with E-state index in [0.29, 0.717) is 22.7 Å². The lowest BCUT2D eigenvalue weighted by Gasteiger charge is -2.16. The molecule has 1 atom stereocenters. The summed E-state index contributed by atoms with van der Waals surface area (Å²) < 4.78 is 6.04. The molecule has 0 radical (unpaired) electrons. The van der Waals surface area contributed by atoms with Crippen LogP contribution in [-0.2, 0) is 19.6 Å². The van der Waals surface area contributed by atoms with Crippen LogP contribution in [0.2, 0.25) is 10.0 Å². The van der Waals surface area contributed by atoms with Crippen molar-refractivity contribution in [2.75, 3.05) is 0 Å². The molecule has 0 bridgehead atoms. The Hall–Kier alpha value is -2.00. The summed E-state index contributed by atoms with van der Waals surface area (Å²) in [5.41, 5.74) is 3.52. The standard InChI is InChI=1S/C24H25Cl2NO/c1-18(11-12-19-7-3-2-4-8-19)27-16-21-9-5-6-10-24(21)28-17-20-13-14-22(25)23(26)15-20/h2-10,13-15,18,27H,11-12,16-17H2,1H3/t18-/m1/s1. The van der Waals surface area contributed by atoms with E-state index in [2.05, 4.69) is 48.6 Å². The third kappa shape index (κ3) is 6.27. The van der Waals surface area contributed by atoms with Gasteiger partial charge in [0.1, 0.15) is 12.4 Å². The fraction of sp³-hybridized carbons (Fsp3) is 0.250. The zero-order valence-electron chi connectivity index (χ0n) is 16.0. The van der Waals surface area contributed by atoms with Crippen LogP contribution in [0.25, 0.3) is 0 Å². The van der Waals surface area contributed by atoms with Crippen LogP contribution in [0.3, 0.4) is 0 Å². The molecule has 3 aromatic rings. The van der Waals surface area contributed by atoms with Crippen molar-refractivity contribution in [2.45, 2.75) is 39.0 Å². The summed E-state index contributed by atoms with van der Waals surface area (Å²) in [5, 5.41) is 4.71. The highest BCUT2D eigenvalue weighted by molar-refractivity contribution is 6.42. The molecule has 0 aliphatic rings. The Bertz CT molecular complexity index is 883. The molecular weight excluding hydrogens is 389 g/mol. The van der Waals surface area contributed by atoms with Gasteiger partial charge >= 0.3 is 0 Å². The van der Waals surface area contributed by atoms with E-state index in [4.69, 9.17) is 27.9 Å². The molecule has 0 saturated heterocycles. The predicted octanol–water partition coefficient (Wildman–Crippen LogP) is 6.68. The van der Waals surface area contributed by atoms with Gasteiger partial charge in [-0.05, 0) is 49.1 Å². The first-order chi connectivity index (χ1) is 13.6. The van der Waals surface area contributed by atoms with Gasteiger partial charge in [0, 0.05) is 18.2 Å². The van der Waals surface area contributed by atoms with E-state index in [1.807, 2.05) is 30.3 Å². The molecule has 0 aliphatic carbocycles. The first-order valence-electron chi connectivity index (χ1n) is 9.54. The molecular formula is C24H25Cl2NO. The number of hydrogen-bond donors (Lipinski definition) is 1. The number of halogens is 2. The molecule has 28 heavy (non-hydrogen) atoms. The van der Waals surface area contributed by atoms with Crippen molar-refractivity contribution < 1.29 is 4.74 Å². The van der Waals surface area contributed by atoms with Gasteiger partial charge in [-0.15, -0.1) is 0 Å². The normalized spacial score (nSPS) is 12.0. The number of para-hydroxylation sites is 1. The monoisotopic (exact) mass is 413 g/mol. The fourth-order valence-corrected chi connectivity index (χ4v) is 3.32. The van der Waals surface area contributed by atoms with Crippen LogP contribution in [0, 0.1) is 0 Å². The molecule has 0 heterocycles. The van der Waals surface area contributed by atoms with E-state index < -0.39 is 0 Å². The number of ether oxygens (including phenoxy) is 1. The number of benzene rings is 3. The second-order valence-electron chi connectivity index (χ2n) is 6.95. The molecule has 2 nitrogen and oxygen atoms in total. The van der Waals surface area contributed by atoms with Crippen LogP contribution in [0.4, 0.5) is 0 Å². The van der Waals surface area contributed by atoms with Crippen molar-refractivity contribution >= 4 is 23.2 Å². The lowest BCUT2D eigenvalue weighted by atomic mass is 10.1. The average molecular weight is 414 g/mol. The quantitative estimate of drug-likeness (QED) is 0.422. The Morgan fingerprint density at radius 2 is 1.61 bits per heavy atom. The lowest BCUT2D eigenvalue weighted by molar-refractivity contribution is 0.301. The van der Waals surface area contributed by atoms with Crippen LogP contribution in [0.5, 0.6) is 5.75 Å². The van der Waals surface area contributed by atoms with Crippen molar-refractivity contribution in [3.05, 3.63) is 99.5 Å². The zero-order valence-corrected chi connectivity index (χ0v) is 17.5. The minimum Gasteiger partial charge on any atom is -0.489 e. The molecule has 1 N–H and O–H groups in total. The lowest BCUT2D eigenvalue weighted by Crippen LogP contribution is -2.26. The Kier molecular flexibility index (Phi) is 7.79. The molecule has 0 amide bonds. The number of hydrogen-bond acceptors (Lipinski definition) is 2. The van der Waals surface area contributed by atoms with Crippen molar-refractivity contribution in [3.63, 3.8) is 0 Å².